The fourth-order valence-electron chi connectivity index (χ4n) is 3.37. The Bertz CT molecular complexity index is 807. The van der Waals surface area contributed by atoms with Crippen LogP contribution in [0.25, 0.3) is 0 Å². The van der Waals surface area contributed by atoms with Gasteiger partial charge in [-0.05, 0) is 35.7 Å². The summed E-state index contributed by atoms with van der Waals surface area (Å²) in [5.41, 5.74) is 3.11. The molecular weight excluding hydrogens is 383 g/mol. The molecule has 1 aliphatic heterocycles. The van der Waals surface area contributed by atoms with E-state index in [1.54, 1.807) is 12.1 Å². The average Bonchev–Trinajstić information content (AvgIpc) is 2.77. The molecule has 0 bridgehead atoms. The summed E-state index contributed by atoms with van der Waals surface area (Å²) in [4.78, 5) is 7.09. The number of halogens is 1. The first-order valence-electron chi connectivity index (χ1n) is 10.5. The predicted molar refractivity (Wildman–Crippen MR) is 117 cm³/mol. The fourth-order valence-corrected chi connectivity index (χ4v) is 3.37. The molecule has 1 unspecified atom stereocenters. The molecule has 2 aromatic rings. The molecule has 1 saturated heterocycles. The van der Waals surface area contributed by atoms with E-state index in [1.165, 1.54) is 23.3 Å². The summed E-state index contributed by atoms with van der Waals surface area (Å²) >= 11 is 0. The van der Waals surface area contributed by atoms with Crippen LogP contribution in [0.5, 0.6) is 0 Å². The normalized spacial score (nSPS) is 16.3. The second-order valence-corrected chi connectivity index (χ2v) is 7.30. The van der Waals surface area contributed by atoms with Gasteiger partial charge in [0.05, 0.1) is 25.9 Å². The quantitative estimate of drug-likeness (QED) is 0.457. The summed E-state index contributed by atoms with van der Waals surface area (Å²) in [6.07, 6.45) is -0.747. The molecule has 3 rings (SSSR count). The van der Waals surface area contributed by atoms with Gasteiger partial charge in [0.1, 0.15) is 5.82 Å². The van der Waals surface area contributed by atoms with Gasteiger partial charge in [-0.3, -0.25) is 4.90 Å². The van der Waals surface area contributed by atoms with Crippen LogP contribution in [0.3, 0.4) is 0 Å². The SMILES string of the molecule is CCNC(=NCc1ccccc1CN1CCOCC1)NCC(O)c1ccc(F)cc1. The van der Waals surface area contributed by atoms with Crippen molar-refractivity contribution >= 4 is 5.96 Å². The van der Waals surface area contributed by atoms with Crippen molar-refractivity contribution < 1.29 is 14.2 Å². The van der Waals surface area contributed by atoms with Gasteiger partial charge in [-0.1, -0.05) is 36.4 Å². The van der Waals surface area contributed by atoms with Crippen LogP contribution in [0.1, 0.15) is 29.7 Å². The molecule has 3 N–H and O–H groups in total. The maximum Gasteiger partial charge on any atom is 0.191 e. The van der Waals surface area contributed by atoms with Crippen LogP contribution < -0.4 is 10.6 Å². The topological polar surface area (TPSA) is 69.1 Å². The number of hydrogen-bond donors (Lipinski definition) is 3. The second kappa shape index (κ2) is 11.6. The lowest BCUT2D eigenvalue weighted by atomic mass is 10.1. The molecule has 0 spiro atoms. The van der Waals surface area contributed by atoms with Gasteiger partial charge in [0.2, 0.25) is 0 Å². The lowest BCUT2D eigenvalue weighted by Crippen LogP contribution is -2.39. The Morgan fingerprint density at radius 1 is 1.10 bits per heavy atom. The maximum atomic E-state index is 13.1. The first-order chi connectivity index (χ1) is 14.7. The standard InChI is InChI=1S/C23H31FN4O2/c1-2-25-23(27-16-22(29)18-7-9-21(24)10-8-18)26-15-19-5-3-4-6-20(19)17-28-11-13-30-14-12-28/h3-10,22,29H,2,11-17H2,1H3,(H2,25,26,27). The van der Waals surface area contributed by atoms with E-state index in [9.17, 15) is 9.50 Å². The molecule has 30 heavy (non-hydrogen) atoms. The Kier molecular flexibility index (Phi) is 8.62. The minimum absolute atomic E-state index is 0.285. The molecule has 0 saturated carbocycles. The van der Waals surface area contributed by atoms with E-state index in [4.69, 9.17) is 9.73 Å². The number of aliphatic hydroxyl groups is 1. The van der Waals surface area contributed by atoms with E-state index in [0.29, 0.717) is 24.6 Å². The van der Waals surface area contributed by atoms with Gasteiger partial charge in [0, 0.05) is 32.7 Å². The van der Waals surface area contributed by atoms with Crippen molar-refractivity contribution in [2.45, 2.75) is 26.1 Å². The van der Waals surface area contributed by atoms with E-state index in [2.05, 4.69) is 33.7 Å². The van der Waals surface area contributed by atoms with Gasteiger partial charge in [0.15, 0.2) is 5.96 Å². The molecule has 1 fully saturated rings. The zero-order chi connectivity index (χ0) is 21.2. The third-order valence-electron chi connectivity index (χ3n) is 5.09. The van der Waals surface area contributed by atoms with Crippen molar-refractivity contribution in [3.05, 3.63) is 71.0 Å². The molecule has 1 atom stereocenters. The van der Waals surface area contributed by atoms with E-state index in [-0.39, 0.29) is 12.4 Å². The lowest BCUT2D eigenvalue weighted by molar-refractivity contribution is 0.0341. The Morgan fingerprint density at radius 2 is 1.80 bits per heavy atom. The smallest absolute Gasteiger partial charge is 0.191 e. The van der Waals surface area contributed by atoms with Gasteiger partial charge in [-0.15, -0.1) is 0 Å². The van der Waals surface area contributed by atoms with E-state index >= 15 is 0 Å². The predicted octanol–water partition coefficient (Wildman–Crippen LogP) is 2.45. The summed E-state index contributed by atoms with van der Waals surface area (Å²) in [6, 6.07) is 14.2. The minimum Gasteiger partial charge on any atom is -0.387 e. The van der Waals surface area contributed by atoms with Crippen LogP contribution in [0.2, 0.25) is 0 Å². The fraction of sp³-hybridized carbons (Fsp3) is 0.435. The maximum absolute atomic E-state index is 13.1. The van der Waals surface area contributed by atoms with Gasteiger partial charge >= 0.3 is 0 Å². The Hall–Kier alpha value is -2.48. The second-order valence-electron chi connectivity index (χ2n) is 7.30. The molecule has 1 heterocycles. The van der Waals surface area contributed by atoms with Crippen molar-refractivity contribution in [3.63, 3.8) is 0 Å². The highest BCUT2D eigenvalue weighted by Gasteiger charge is 2.13. The Balaban J connectivity index is 1.60. The van der Waals surface area contributed by atoms with Crippen LogP contribution >= 0.6 is 0 Å². The highest BCUT2D eigenvalue weighted by Crippen LogP contribution is 2.15. The average molecular weight is 415 g/mol. The summed E-state index contributed by atoms with van der Waals surface area (Å²) in [5, 5.41) is 16.7. The Labute approximate surface area is 177 Å². The van der Waals surface area contributed by atoms with Crippen molar-refractivity contribution in [2.75, 3.05) is 39.4 Å². The number of hydrogen-bond acceptors (Lipinski definition) is 4. The number of nitrogens with one attached hydrogen (secondary N) is 2. The number of rotatable bonds is 8. The van der Waals surface area contributed by atoms with E-state index in [1.807, 2.05) is 13.0 Å². The minimum atomic E-state index is -0.747. The number of aliphatic hydroxyl groups excluding tert-OH is 1. The van der Waals surface area contributed by atoms with Crippen LogP contribution in [0.15, 0.2) is 53.5 Å². The van der Waals surface area contributed by atoms with Crippen LogP contribution in [-0.4, -0.2) is 55.4 Å². The van der Waals surface area contributed by atoms with Crippen LogP contribution in [0, 0.1) is 5.82 Å². The number of ether oxygens (including phenoxy) is 1. The number of guanidine groups is 1. The molecular formula is C23H31FN4O2. The lowest BCUT2D eigenvalue weighted by Gasteiger charge is -2.27. The largest absolute Gasteiger partial charge is 0.387 e. The Morgan fingerprint density at radius 3 is 2.50 bits per heavy atom. The zero-order valence-corrected chi connectivity index (χ0v) is 17.5. The summed E-state index contributed by atoms with van der Waals surface area (Å²) in [5.74, 6) is 0.324. The molecule has 6 nitrogen and oxygen atoms in total. The molecule has 162 valence electrons. The third kappa shape index (κ3) is 6.79. The molecule has 1 aliphatic rings. The van der Waals surface area contributed by atoms with E-state index in [0.717, 1.165) is 32.8 Å². The molecule has 0 amide bonds. The number of aliphatic imine (C=N–C) groups is 1. The molecule has 2 aromatic carbocycles. The van der Waals surface area contributed by atoms with Crippen molar-refractivity contribution in [1.82, 2.24) is 15.5 Å². The van der Waals surface area contributed by atoms with Crippen molar-refractivity contribution in [1.29, 1.82) is 0 Å². The molecule has 0 radical (unpaired) electrons. The molecule has 0 aromatic heterocycles. The van der Waals surface area contributed by atoms with E-state index < -0.39 is 6.10 Å². The summed E-state index contributed by atoms with van der Waals surface area (Å²) in [6.45, 7) is 7.90. The number of morpholine rings is 1. The van der Waals surface area contributed by atoms with Crippen LogP contribution in [0.4, 0.5) is 4.39 Å². The van der Waals surface area contributed by atoms with Crippen molar-refractivity contribution in [3.8, 4) is 0 Å². The van der Waals surface area contributed by atoms with Gasteiger partial charge in [-0.25, -0.2) is 9.38 Å². The first kappa shape index (κ1) is 22.2. The van der Waals surface area contributed by atoms with Gasteiger partial charge < -0.3 is 20.5 Å². The summed E-state index contributed by atoms with van der Waals surface area (Å²) in [7, 11) is 0. The molecule has 7 heteroatoms. The zero-order valence-electron chi connectivity index (χ0n) is 17.5. The highest BCUT2D eigenvalue weighted by atomic mass is 19.1. The third-order valence-corrected chi connectivity index (χ3v) is 5.09. The summed E-state index contributed by atoms with van der Waals surface area (Å²) < 4.78 is 18.5. The van der Waals surface area contributed by atoms with Crippen LogP contribution in [-0.2, 0) is 17.8 Å². The molecule has 0 aliphatic carbocycles. The first-order valence-corrected chi connectivity index (χ1v) is 10.5. The van der Waals surface area contributed by atoms with Gasteiger partial charge in [0.25, 0.3) is 0 Å². The number of nitrogens with zero attached hydrogens (tertiary/aromatic N) is 2. The van der Waals surface area contributed by atoms with Crippen molar-refractivity contribution in [2.24, 2.45) is 4.99 Å². The monoisotopic (exact) mass is 414 g/mol. The highest BCUT2D eigenvalue weighted by molar-refractivity contribution is 5.79. The number of benzene rings is 2. The van der Waals surface area contributed by atoms with Gasteiger partial charge in [-0.2, -0.15) is 0 Å².